The number of ether oxygens (including phenoxy) is 2. The number of halogens is 1. The van der Waals surface area contributed by atoms with E-state index >= 15 is 0 Å². The third-order valence-corrected chi connectivity index (χ3v) is 2.73. The zero-order chi connectivity index (χ0) is 15.0. The topological polar surface area (TPSA) is 47.6 Å². The van der Waals surface area contributed by atoms with Crippen LogP contribution < -0.4 is 10.1 Å². The van der Waals surface area contributed by atoms with Crippen molar-refractivity contribution < 1.29 is 18.7 Å². The highest BCUT2D eigenvalue weighted by molar-refractivity contribution is 5.69. The Balaban J connectivity index is 2.53. The molecule has 1 aromatic carbocycles. The largest absolute Gasteiger partial charge is 0.493 e. The van der Waals surface area contributed by atoms with Gasteiger partial charge in [-0.15, -0.1) is 0 Å². The first-order valence-electron chi connectivity index (χ1n) is 6.74. The quantitative estimate of drug-likeness (QED) is 0.588. The normalized spacial score (nSPS) is 10.7. The number of methoxy groups -OCH3 is 1. The number of hydrogen-bond acceptors (Lipinski definition) is 4. The van der Waals surface area contributed by atoms with Crippen LogP contribution in [0.1, 0.15) is 32.3 Å². The zero-order valence-electron chi connectivity index (χ0n) is 12.2. The Bertz CT molecular complexity index is 435. The van der Waals surface area contributed by atoms with Gasteiger partial charge in [-0.05, 0) is 24.6 Å². The van der Waals surface area contributed by atoms with Crippen LogP contribution in [0.15, 0.2) is 18.2 Å². The van der Waals surface area contributed by atoms with Gasteiger partial charge in [-0.1, -0.05) is 13.8 Å². The summed E-state index contributed by atoms with van der Waals surface area (Å²) in [5, 5.41) is 3.23. The molecule has 0 radical (unpaired) electrons. The Labute approximate surface area is 119 Å². The van der Waals surface area contributed by atoms with Crippen molar-refractivity contribution >= 4 is 5.97 Å². The summed E-state index contributed by atoms with van der Waals surface area (Å²) in [6.07, 6.45) is 0.887. The van der Waals surface area contributed by atoms with Gasteiger partial charge in [-0.25, -0.2) is 4.39 Å². The van der Waals surface area contributed by atoms with Gasteiger partial charge < -0.3 is 14.8 Å². The molecule has 0 aromatic heterocycles. The molecule has 1 aromatic rings. The monoisotopic (exact) mass is 283 g/mol. The molecular formula is C15H22FNO3. The number of benzene rings is 1. The molecule has 0 amide bonds. The van der Waals surface area contributed by atoms with Crippen molar-refractivity contribution in [2.24, 2.45) is 0 Å². The van der Waals surface area contributed by atoms with Gasteiger partial charge in [0.15, 0.2) is 0 Å². The first-order chi connectivity index (χ1) is 9.52. The number of carbonyl (C=O) groups is 1. The van der Waals surface area contributed by atoms with Gasteiger partial charge in [0.05, 0.1) is 13.7 Å². The van der Waals surface area contributed by atoms with Crippen LogP contribution in [-0.4, -0.2) is 25.7 Å². The molecule has 0 unspecified atom stereocenters. The van der Waals surface area contributed by atoms with E-state index in [1.165, 1.54) is 19.2 Å². The molecular weight excluding hydrogens is 261 g/mol. The summed E-state index contributed by atoms with van der Waals surface area (Å²) in [7, 11) is 1.36. The lowest BCUT2D eigenvalue weighted by atomic mass is 10.2. The van der Waals surface area contributed by atoms with Crippen LogP contribution in [0.4, 0.5) is 4.39 Å². The van der Waals surface area contributed by atoms with E-state index in [0.717, 1.165) is 5.56 Å². The maximum atomic E-state index is 13.3. The summed E-state index contributed by atoms with van der Waals surface area (Å²) < 4.78 is 23.4. The minimum Gasteiger partial charge on any atom is -0.493 e. The highest BCUT2D eigenvalue weighted by Gasteiger charge is 2.07. The molecule has 5 heteroatoms. The van der Waals surface area contributed by atoms with Crippen LogP contribution >= 0.6 is 0 Å². The number of rotatable bonds is 8. The molecule has 0 bridgehead atoms. The zero-order valence-corrected chi connectivity index (χ0v) is 12.2. The fraction of sp³-hybridized carbons (Fsp3) is 0.533. The van der Waals surface area contributed by atoms with Gasteiger partial charge in [0.2, 0.25) is 0 Å². The second-order valence-corrected chi connectivity index (χ2v) is 4.82. The molecule has 0 aliphatic heterocycles. The third-order valence-electron chi connectivity index (χ3n) is 2.73. The molecule has 1 rings (SSSR count). The summed E-state index contributed by atoms with van der Waals surface area (Å²) in [5.74, 6) is 0.103. The first kappa shape index (κ1) is 16.4. The predicted octanol–water partition coefficient (Wildman–Crippen LogP) is 2.66. The van der Waals surface area contributed by atoms with Gasteiger partial charge in [0, 0.05) is 24.6 Å². The molecule has 0 saturated heterocycles. The van der Waals surface area contributed by atoms with Crippen LogP contribution in [0, 0.1) is 5.82 Å². The standard InChI is InChI=1S/C15H22FNO3/c1-11(2)17-10-12-9-13(16)6-7-14(12)20-8-4-5-15(18)19-3/h6-7,9,11,17H,4-5,8,10H2,1-3H3. The van der Waals surface area contributed by atoms with Gasteiger partial charge >= 0.3 is 5.97 Å². The van der Waals surface area contributed by atoms with E-state index in [1.54, 1.807) is 6.07 Å². The van der Waals surface area contributed by atoms with Crippen molar-refractivity contribution in [1.82, 2.24) is 5.32 Å². The smallest absolute Gasteiger partial charge is 0.305 e. The Morgan fingerprint density at radius 3 is 2.80 bits per heavy atom. The average molecular weight is 283 g/mol. The van der Waals surface area contributed by atoms with Crippen LogP contribution in [0.25, 0.3) is 0 Å². The third kappa shape index (κ3) is 6.02. The minimum absolute atomic E-state index is 0.255. The molecule has 0 fully saturated rings. The van der Waals surface area contributed by atoms with Gasteiger partial charge in [-0.3, -0.25) is 4.79 Å². The molecule has 1 N–H and O–H groups in total. The lowest BCUT2D eigenvalue weighted by Crippen LogP contribution is -2.22. The van der Waals surface area contributed by atoms with E-state index in [9.17, 15) is 9.18 Å². The summed E-state index contributed by atoms with van der Waals surface area (Å²) in [4.78, 5) is 11.0. The molecule has 0 aliphatic carbocycles. The highest BCUT2D eigenvalue weighted by atomic mass is 19.1. The number of hydrogen-bond donors (Lipinski definition) is 1. The van der Waals surface area contributed by atoms with Crippen LogP contribution in [-0.2, 0) is 16.1 Å². The number of esters is 1. The van der Waals surface area contributed by atoms with E-state index in [0.29, 0.717) is 37.8 Å². The lowest BCUT2D eigenvalue weighted by Gasteiger charge is -2.13. The molecule has 4 nitrogen and oxygen atoms in total. The number of nitrogens with one attached hydrogen (secondary N) is 1. The van der Waals surface area contributed by atoms with Crippen LogP contribution in [0.5, 0.6) is 5.75 Å². The average Bonchev–Trinajstić information content (AvgIpc) is 2.42. The Morgan fingerprint density at radius 1 is 1.40 bits per heavy atom. The van der Waals surface area contributed by atoms with Crippen LogP contribution in [0.3, 0.4) is 0 Å². The SMILES string of the molecule is COC(=O)CCCOc1ccc(F)cc1CNC(C)C. The summed E-state index contributed by atoms with van der Waals surface area (Å²) in [6.45, 7) is 4.99. The molecule has 112 valence electrons. The fourth-order valence-electron chi connectivity index (χ4n) is 1.64. The van der Waals surface area contributed by atoms with Gasteiger partial charge in [-0.2, -0.15) is 0 Å². The van der Waals surface area contributed by atoms with Crippen molar-refractivity contribution in [3.63, 3.8) is 0 Å². The molecule has 20 heavy (non-hydrogen) atoms. The lowest BCUT2D eigenvalue weighted by molar-refractivity contribution is -0.140. The Morgan fingerprint density at radius 2 is 2.15 bits per heavy atom. The van der Waals surface area contributed by atoms with Crippen molar-refractivity contribution in [3.8, 4) is 5.75 Å². The molecule has 0 heterocycles. The van der Waals surface area contributed by atoms with E-state index in [4.69, 9.17) is 4.74 Å². The fourth-order valence-corrected chi connectivity index (χ4v) is 1.64. The summed E-state index contributed by atoms with van der Waals surface area (Å²) in [6, 6.07) is 4.76. The van der Waals surface area contributed by atoms with E-state index in [1.807, 2.05) is 13.8 Å². The van der Waals surface area contributed by atoms with E-state index < -0.39 is 0 Å². The molecule has 0 atom stereocenters. The van der Waals surface area contributed by atoms with Gasteiger partial charge in [0.1, 0.15) is 11.6 Å². The number of carbonyl (C=O) groups excluding carboxylic acids is 1. The predicted molar refractivity (Wildman–Crippen MR) is 75.1 cm³/mol. The molecule has 0 spiro atoms. The molecule has 0 aliphatic rings. The van der Waals surface area contributed by atoms with Crippen molar-refractivity contribution in [3.05, 3.63) is 29.6 Å². The van der Waals surface area contributed by atoms with E-state index in [-0.39, 0.29) is 11.8 Å². The van der Waals surface area contributed by atoms with Crippen molar-refractivity contribution in [1.29, 1.82) is 0 Å². The Hall–Kier alpha value is -1.62. The maximum Gasteiger partial charge on any atom is 0.305 e. The molecule has 0 saturated carbocycles. The van der Waals surface area contributed by atoms with Crippen molar-refractivity contribution in [2.45, 2.75) is 39.3 Å². The highest BCUT2D eigenvalue weighted by Crippen LogP contribution is 2.20. The van der Waals surface area contributed by atoms with E-state index in [2.05, 4.69) is 10.1 Å². The minimum atomic E-state index is -0.285. The second kappa shape index (κ2) is 8.53. The summed E-state index contributed by atoms with van der Waals surface area (Å²) >= 11 is 0. The maximum absolute atomic E-state index is 13.3. The second-order valence-electron chi connectivity index (χ2n) is 4.82. The first-order valence-corrected chi connectivity index (χ1v) is 6.74. The summed E-state index contributed by atoms with van der Waals surface area (Å²) in [5.41, 5.74) is 0.775. The van der Waals surface area contributed by atoms with Crippen LogP contribution in [0.2, 0.25) is 0 Å². The Kier molecular flexibility index (Phi) is 7.01. The van der Waals surface area contributed by atoms with Gasteiger partial charge in [0.25, 0.3) is 0 Å². The van der Waals surface area contributed by atoms with Crippen molar-refractivity contribution in [2.75, 3.05) is 13.7 Å².